The van der Waals surface area contributed by atoms with Crippen molar-refractivity contribution < 1.29 is 40.2 Å². The lowest BCUT2D eigenvalue weighted by Crippen LogP contribution is -2.08. The highest BCUT2D eigenvalue weighted by Gasteiger charge is 2.35. The second kappa shape index (κ2) is 8.09. The average molecular weight is 497 g/mol. The van der Waals surface area contributed by atoms with Crippen LogP contribution in [0.1, 0.15) is 11.1 Å². The fourth-order valence-electron chi connectivity index (χ4n) is 2.25. The number of hydrogen-bond donors (Lipinski definition) is 0. The number of nitrogens with zero attached hydrogens (tertiary/aromatic N) is 2. The average Bonchev–Trinajstić information content (AvgIpc) is 2.63. The molecule has 0 N–H and O–H groups in total. The Morgan fingerprint density at radius 2 is 1.20 bits per heavy atom. The highest BCUT2D eigenvalue weighted by Crippen LogP contribution is 2.38. The molecule has 3 aromatic rings. The summed E-state index contributed by atoms with van der Waals surface area (Å²) in [5.41, 5.74) is -2.50. The highest BCUT2D eigenvalue weighted by atomic mass is 79.9. The normalized spacial score (nSPS) is 12.0. The van der Waals surface area contributed by atoms with E-state index in [-0.39, 0.29) is 27.7 Å². The lowest BCUT2D eigenvalue weighted by Gasteiger charge is -2.12. The Morgan fingerprint density at radius 1 is 0.700 bits per heavy atom. The van der Waals surface area contributed by atoms with Crippen molar-refractivity contribution in [2.24, 2.45) is 0 Å². The molecule has 2 aromatic carbocycles. The van der Waals surface area contributed by atoms with Gasteiger partial charge in [-0.2, -0.15) is 26.3 Å². The number of hydrogen-bond acceptors (Lipinski definition) is 4. The molecule has 0 saturated carbocycles. The molecule has 1 heterocycles. The maximum Gasteiger partial charge on any atom is 0.419 e. The van der Waals surface area contributed by atoms with Crippen molar-refractivity contribution in [3.05, 3.63) is 70.2 Å². The second-order valence-corrected chi connectivity index (χ2v) is 6.53. The number of ether oxygens (including phenoxy) is 2. The Balaban J connectivity index is 1.83. The van der Waals surface area contributed by atoms with Crippen LogP contribution in [-0.4, -0.2) is 9.97 Å². The van der Waals surface area contributed by atoms with Crippen molar-refractivity contribution in [1.82, 2.24) is 9.97 Å². The van der Waals surface area contributed by atoms with Crippen LogP contribution in [0.25, 0.3) is 0 Å². The van der Waals surface area contributed by atoms with E-state index in [1.807, 2.05) is 0 Å². The third-order valence-corrected chi connectivity index (χ3v) is 4.24. The topological polar surface area (TPSA) is 44.2 Å². The zero-order valence-electron chi connectivity index (χ0n) is 14.4. The van der Waals surface area contributed by atoms with E-state index in [2.05, 4.69) is 25.9 Å². The van der Waals surface area contributed by atoms with Gasteiger partial charge in [0.1, 0.15) is 23.6 Å². The molecule has 0 fully saturated rings. The van der Waals surface area contributed by atoms with Crippen molar-refractivity contribution in [2.75, 3.05) is 0 Å². The molecule has 0 bridgehead atoms. The molecular formula is C18H8BrF7N2O2. The summed E-state index contributed by atoms with van der Waals surface area (Å²) < 4.78 is 101. The van der Waals surface area contributed by atoms with Crippen LogP contribution < -0.4 is 9.47 Å². The number of benzene rings is 2. The molecule has 0 atom stereocenters. The van der Waals surface area contributed by atoms with E-state index in [0.29, 0.717) is 12.1 Å². The number of alkyl halides is 6. The van der Waals surface area contributed by atoms with Gasteiger partial charge in [-0.05, 0) is 36.4 Å². The summed E-state index contributed by atoms with van der Waals surface area (Å²) in [4.78, 5) is 7.40. The molecule has 158 valence electrons. The standard InChI is InChI=1S/C18H8BrF7N2O2/c19-13-3-1-9(5-11(13)17(21,22)23)29-15-7-16(28-8-27-15)30-10-2-4-14(20)12(6-10)18(24,25)26/h1-8H. The van der Waals surface area contributed by atoms with Crippen LogP contribution in [0.4, 0.5) is 30.7 Å². The molecule has 0 aliphatic heterocycles. The molecule has 30 heavy (non-hydrogen) atoms. The summed E-state index contributed by atoms with van der Waals surface area (Å²) in [6.45, 7) is 0. The molecule has 0 aliphatic carbocycles. The van der Waals surface area contributed by atoms with E-state index in [1.54, 1.807) is 0 Å². The third kappa shape index (κ3) is 5.17. The van der Waals surface area contributed by atoms with E-state index in [1.165, 1.54) is 6.07 Å². The van der Waals surface area contributed by atoms with E-state index >= 15 is 0 Å². The lowest BCUT2D eigenvalue weighted by molar-refractivity contribution is -0.140. The Labute approximate surface area is 172 Å². The SMILES string of the molecule is Fc1ccc(Oc2cc(Oc3ccc(Br)c(C(F)(F)F)c3)ncn2)cc1C(F)(F)F. The van der Waals surface area contributed by atoms with Crippen molar-refractivity contribution in [3.8, 4) is 23.3 Å². The van der Waals surface area contributed by atoms with Crippen molar-refractivity contribution in [2.45, 2.75) is 12.4 Å². The molecule has 0 aliphatic rings. The monoisotopic (exact) mass is 496 g/mol. The zero-order valence-corrected chi connectivity index (χ0v) is 15.9. The van der Waals surface area contributed by atoms with Gasteiger partial charge in [0.25, 0.3) is 0 Å². The summed E-state index contributed by atoms with van der Waals surface area (Å²) in [5, 5.41) is 0. The van der Waals surface area contributed by atoms with Crippen LogP contribution in [0.2, 0.25) is 0 Å². The molecule has 0 spiro atoms. The van der Waals surface area contributed by atoms with Gasteiger partial charge in [0, 0.05) is 4.47 Å². The lowest BCUT2D eigenvalue weighted by atomic mass is 10.2. The fourth-order valence-corrected chi connectivity index (χ4v) is 2.72. The maximum absolute atomic E-state index is 13.4. The quantitative estimate of drug-likeness (QED) is 0.364. The third-order valence-electron chi connectivity index (χ3n) is 3.55. The Kier molecular flexibility index (Phi) is 5.88. The van der Waals surface area contributed by atoms with Gasteiger partial charge in [0.05, 0.1) is 17.2 Å². The Hall–Kier alpha value is -2.89. The largest absolute Gasteiger partial charge is 0.439 e. The van der Waals surface area contributed by atoms with Crippen LogP contribution in [0, 0.1) is 5.82 Å². The molecule has 12 heteroatoms. The highest BCUT2D eigenvalue weighted by molar-refractivity contribution is 9.10. The summed E-state index contributed by atoms with van der Waals surface area (Å²) in [6, 6.07) is 6.15. The number of halogens is 8. The molecule has 0 radical (unpaired) electrons. The first-order chi connectivity index (χ1) is 13.9. The van der Waals surface area contributed by atoms with Gasteiger partial charge < -0.3 is 9.47 Å². The van der Waals surface area contributed by atoms with Gasteiger partial charge in [-0.1, -0.05) is 15.9 Å². The first kappa shape index (κ1) is 21.8. The van der Waals surface area contributed by atoms with E-state index in [4.69, 9.17) is 9.47 Å². The van der Waals surface area contributed by atoms with Crippen LogP contribution >= 0.6 is 15.9 Å². The maximum atomic E-state index is 13.4. The van der Waals surface area contributed by atoms with Crippen molar-refractivity contribution >= 4 is 15.9 Å². The second-order valence-electron chi connectivity index (χ2n) is 5.68. The number of rotatable bonds is 4. The molecule has 3 rings (SSSR count). The minimum absolute atomic E-state index is 0.189. The minimum atomic E-state index is -4.93. The van der Waals surface area contributed by atoms with Crippen molar-refractivity contribution in [3.63, 3.8) is 0 Å². The molecule has 1 aromatic heterocycles. The van der Waals surface area contributed by atoms with Gasteiger partial charge in [-0.3, -0.25) is 0 Å². The molecule has 0 unspecified atom stereocenters. The van der Waals surface area contributed by atoms with Crippen LogP contribution in [0.5, 0.6) is 23.3 Å². The van der Waals surface area contributed by atoms with Crippen molar-refractivity contribution in [1.29, 1.82) is 0 Å². The van der Waals surface area contributed by atoms with E-state index < -0.39 is 29.3 Å². The summed E-state index contributed by atoms with van der Waals surface area (Å²) in [5.74, 6) is -2.54. The minimum Gasteiger partial charge on any atom is -0.439 e. The smallest absolute Gasteiger partial charge is 0.419 e. The predicted octanol–water partition coefficient (Wildman–Crippen LogP) is 7.00. The van der Waals surface area contributed by atoms with E-state index in [9.17, 15) is 30.7 Å². The summed E-state index contributed by atoms with van der Waals surface area (Å²) in [7, 11) is 0. The van der Waals surface area contributed by atoms with Crippen LogP contribution in [-0.2, 0) is 12.4 Å². The first-order valence-corrected chi connectivity index (χ1v) is 8.64. The molecular weight excluding hydrogens is 489 g/mol. The molecule has 0 amide bonds. The summed E-state index contributed by atoms with van der Waals surface area (Å²) >= 11 is 2.80. The van der Waals surface area contributed by atoms with Crippen LogP contribution in [0.3, 0.4) is 0 Å². The van der Waals surface area contributed by atoms with Gasteiger partial charge >= 0.3 is 12.4 Å². The molecule has 4 nitrogen and oxygen atoms in total. The van der Waals surface area contributed by atoms with Gasteiger partial charge in [-0.25, -0.2) is 14.4 Å². The van der Waals surface area contributed by atoms with Crippen LogP contribution in [0.15, 0.2) is 53.3 Å². The Bertz CT molecular complexity index is 990. The van der Waals surface area contributed by atoms with Gasteiger partial charge in [0.2, 0.25) is 11.8 Å². The van der Waals surface area contributed by atoms with Gasteiger partial charge in [-0.15, -0.1) is 0 Å². The fraction of sp³-hybridized carbons (Fsp3) is 0.111. The predicted molar refractivity (Wildman–Crippen MR) is 92.7 cm³/mol. The van der Waals surface area contributed by atoms with Gasteiger partial charge in [0.15, 0.2) is 0 Å². The first-order valence-electron chi connectivity index (χ1n) is 7.85. The Morgan fingerprint density at radius 3 is 1.73 bits per heavy atom. The zero-order chi connectivity index (χ0) is 22.1. The molecule has 0 saturated heterocycles. The van der Waals surface area contributed by atoms with E-state index in [0.717, 1.165) is 30.6 Å². The summed E-state index contributed by atoms with van der Waals surface area (Å²) in [6.07, 6.45) is -8.62. The number of aromatic nitrogens is 2.